The minimum Gasteiger partial charge on any atom is -0.302 e. The number of hydrogen-bond acceptors (Lipinski definition) is 4. The highest BCUT2D eigenvalue weighted by Gasteiger charge is 2.12. The molecular formula is C20H17N3OS. The van der Waals surface area contributed by atoms with Gasteiger partial charge in [0.25, 0.3) is 0 Å². The van der Waals surface area contributed by atoms with Crippen LogP contribution in [0.2, 0.25) is 0 Å². The van der Waals surface area contributed by atoms with E-state index >= 15 is 0 Å². The highest BCUT2D eigenvalue weighted by molar-refractivity contribution is 7.22. The van der Waals surface area contributed by atoms with Crippen molar-refractivity contribution in [2.75, 3.05) is 5.32 Å². The molecule has 0 unspecified atom stereocenters. The summed E-state index contributed by atoms with van der Waals surface area (Å²) in [4.78, 5) is 21.4. The van der Waals surface area contributed by atoms with Crippen LogP contribution in [0.25, 0.3) is 21.1 Å². The summed E-state index contributed by atoms with van der Waals surface area (Å²) in [6, 6.07) is 16.2. The molecule has 0 saturated carbocycles. The third-order valence-electron chi connectivity index (χ3n) is 4.15. The van der Waals surface area contributed by atoms with E-state index in [9.17, 15) is 4.79 Å². The van der Waals surface area contributed by atoms with Crippen LogP contribution in [0.3, 0.4) is 0 Å². The number of thiazole rings is 1. The van der Waals surface area contributed by atoms with Crippen molar-refractivity contribution in [1.82, 2.24) is 9.97 Å². The van der Waals surface area contributed by atoms with Gasteiger partial charge in [-0.2, -0.15) is 4.98 Å². The molecule has 1 N–H and O–H groups in total. The lowest BCUT2D eigenvalue weighted by atomic mass is 10.0. The first kappa shape index (κ1) is 15.7. The highest BCUT2D eigenvalue weighted by Crippen LogP contribution is 2.28. The smallest absolute Gasteiger partial charge is 0.230 e. The summed E-state index contributed by atoms with van der Waals surface area (Å²) in [6.45, 7) is 3.99. The number of carbonyl (C=O) groups is 1. The molecule has 0 aliphatic heterocycles. The van der Waals surface area contributed by atoms with E-state index in [1.54, 1.807) is 0 Å². The average Bonchev–Trinajstić information content (AvgIpc) is 2.97. The van der Waals surface area contributed by atoms with Gasteiger partial charge in [0.05, 0.1) is 11.1 Å². The normalized spacial score (nSPS) is 11.1. The number of nitrogens with zero attached hydrogens (tertiary/aromatic N) is 2. The van der Waals surface area contributed by atoms with Crippen molar-refractivity contribution in [3.8, 4) is 0 Å². The number of aromatic nitrogens is 2. The number of carbonyl (C=O) groups excluding carboxylic acids is 1. The van der Waals surface area contributed by atoms with Crippen molar-refractivity contribution < 1.29 is 4.79 Å². The Morgan fingerprint density at radius 1 is 1.08 bits per heavy atom. The molecule has 25 heavy (non-hydrogen) atoms. The first-order valence-corrected chi connectivity index (χ1v) is 8.93. The molecule has 0 atom stereocenters. The lowest BCUT2D eigenvalue weighted by Gasteiger charge is -2.06. The average molecular weight is 347 g/mol. The van der Waals surface area contributed by atoms with Crippen molar-refractivity contribution in [2.24, 2.45) is 0 Å². The third kappa shape index (κ3) is 3.10. The van der Waals surface area contributed by atoms with Crippen LogP contribution in [0.15, 0.2) is 48.5 Å². The van der Waals surface area contributed by atoms with Gasteiger partial charge in [-0.05, 0) is 41.8 Å². The number of pyridine rings is 1. The van der Waals surface area contributed by atoms with Crippen molar-refractivity contribution in [3.05, 3.63) is 65.4 Å². The Bertz CT molecular complexity index is 1100. The molecule has 2 heterocycles. The molecule has 0 bridgehead atoms. The number of fused-ring (bicyclic) bond motifs is 2. The van der Waals surface area contributed by atoms with E-state index < -0.39 is 0 Å². The number of nitrogens with one attached hydrogen (secondary N) is 1. The SMILES string of the molecule is Cc1cc(C)c2sc(NC(=O)Cc3cccc4ccccc34)nc2n1. The number of rotatable bonds is 3. The lowest BCUT2D eigenvalue weighted by Crippen LogP contribution is -2.14. The Labute approximate surface area is 149 Å². The molecule has 4 rings (SSSR count). The van der Waals surface area contributed by atoms with Crippen molar-refractivity contribution in [2.45, 2.75) is 20.3 Å². The zero-order valence-electron chi connectivity index (χ0n) is 14.0. The maximum absolute atomic E-state index is 12.5. The Hall–Kier alpha value is -2.79. The van der Waals surface area contributed by atoms with Gasteiger partial charge in [0.15, 0.2) is 10.8 Å². The minimum absolute atomic E-state index is 0.0650. The van der Waals surface area contributed by atoms with E-state index in [-0.39, 0.29) is 5.91 Å². The van der Waals surface area contributed by atoms with Crippen LogP contribution in [-0.2, 0) is 11.2 Å². The van der Waals surface area contributed by atoms with Crippen LogP contribution in [-0.4, -0.2) is 15.9 Å². The zero-order chi connectivity index (χ0) is 17.4. The Balaban J connectivity index is 1.59. The van der Waals surface area contributed by atoms with E-state index in [0.717, 1.165) is 32.3 Å². The summed E-state index contributed by atoms with van der Waals surface area (Å²) in [5.41, 5.74) is 3.78. The zero-order valence-corrected chi connectivity index (χ0v) is 14.9. The van der Waals surface area contributed by atoms with Gasteiger partial charge >= 0.3 is 0 Å². The molecule has 0 aliphatic carbocycles. The third-order valence-corrected chi connectivity index (χ3v) is 5.25. The molecule has 1 amide bonds. The highest BCUT2D eigenvalue weighted by atomic mass is 32.1. The van der Waals surface area contributed by atoms with Crippen LogP contribution < -0.4 is 5.32 Å². The van der Waals surface area contributed by atoms with E-state index in [0.29, 0.717) is 17.2 Å². The standard InChI is InChI=1S/C20H17N3OS/c1-12-10-13(2)21-19-18(12)25-20(23-19)22-17(24)11-15-8-5-7-14-6-3-4-9-16(14)15/h3-10H,11H2,1-2H3,(H,21,22,23,24). The summed E-state index contributed by atoms with van der Waals surface area (Å²) < 4.78 is 1.02. The number of anilines is 1. The molecule has 0 aliphatic rings. The maximum Gasteiger partial charge on any atom is 0.230 e. The summed E-state index contributed by atoms with van der Waals surface area (Å²) in [5, 5.41) is 5.77. The van der Waals surface area contributed by atoms with Gasteiger partial charge in [0.2, 0.25) is 5.91 Å². The Morgan fingerprint density at radius 3 is 2.76 bits per heavy atom. The van der Waals surface area contributed by atoms with E-state index in [4.69, 9.17) is 0 Å². The molecule has 124 valence electrons. The minimum atomic E-state index is -0.0650. The molecule has 2 aromatic carbocycles. The molecule has 5 heteroatoms. The van der Waals surface area contributed by atoms with Gasteiger partial charge in [-0.25, -0.2) is 4.98 Å². The van der Waals surface area contributed by atoms with Gasteiger partial charge in [-0.15, -0.1) is 0 Å². The second-order valence-electron chi connectivity index (χ2n) is 6.12. The molecule has 0 saturated heterocycles. The molecule has 0 fully saturated rings. The first-order valence-electron chi connectivity index (χ1n) is 8.11. The molecule has 0 spiro atoms. The fourth-order valence-electron chi connectivity index (χ4n) is 3.06. The predicted molar refractivity (Wildman–Crippen MR) is 103 cm³/mol. The number of aryl methyl sites for hydroxylation is 2. The van der Waals surface area contributed by atoms with Crippen LogP contribution in [0.5, 0.6) is 0 Å². The second kappa shape index (κ2) is 6.26. The second-order valence-corrected chi connectivity index (χ2v) is 7.11. The predicted octanol–water partition coefficient (Wildman–Crippen LogP) is 4.64. The maximum atomic E-state index is 12.5. The van der Waals surface area contributed by atoms with E-state index in [1.807, 2.05) is 50.2 Å². The number of amides is 1. The summed E-state index contributed by atoms with van der Waals surface area (Å²) in [6.07, 6.45) is 0.322. The van der Waals surface area contributed by atoms with Crippen molar-refractivity contribution in [1.29, 1.82) is 0 Å². The fourth-order valence-corrected chi connectivity index (χ4v) is 3.95. The summed E-state index contributed by atoms with van der Waals surface area (Å²) in [5.74, 6) is -0.0650. The molecular weight excluding hydrogens is 330 g/mol. The first-order chi connectivity index (χ1) is 12.1. The summed E-state index contributed by atoms with van der Waals surface area (Å²) in [7, 11) is 0. The molecule has 0 radical (unpaired) electrons. The molecule has 4 aromatic rings. The van der Waals surface area contributed by atoms with Crippen LogP contribution in [0.4, 0.5) is 5.13 Å². The monoisotopic (exact) mass is 347 g/mol. The molecule has 4 nitrogen and oxygen atoms in total. The van der Waals surface area contributed by atoms with Crippen LogP contribution in [0.1, 0.15) is 16.8 Å². The van der Waals surface area contributed by atoms with Crippen molar-refractivity contribution >= 4 is 43.5 Å². The van der Waals surface area contributed by atoms with Gasteiger partial charge in [-0.1, -0.05) is 53.8 Å². The van der Waals surface area contributed by atoms with E-state index in [2.05, 4.69) is 27.4 Å². The number of benzene rings is 2. The van der Waals surface area contributed by atoms with Gasteiger partial charge in [0.1, 0.15) is 0 Å². The number of hydrogen-bond donors (Lipinski definition) is 1. The Kier molecular flexibility index (Phi) is 3.93. The van der Waals surface area contributed by atoms with Gasteiger partial charge in [-0.3, -0.25) is 4.79 Å². The van der Waals surface area contributed by atoms with Crippen LogP contribution in [0, 0.1) is 13.8 Å². The van der Waals surface area contributed by atoms with E-state index in [1.165, 1.54) is 11.3 Å². The Morgan fingerprint density at radius 2 is 1.88 bits per heavy atom. The largest absolute Gasteiger partial charge is 0.302 e. The van der Waals surface area contributed by atoms with Crippen LogP contribution >= 0.6 is 11.3 Å². The fraction of sp³-hybridized carbons (Fsp3) is 0.150. The van der Waals surface area contributed by atoms with Crippen molar-refractivity contribution in [3.63, 3.8) is 0 Å². The topological polar surface area (TPSA) is 54.9 Å². The van der Waals surface area contributed by atoms with Gasteiger partial charge < -0.3 is 5.32 Å². The lowest BCUT2D eigenvalue weighted by molar-refractivity contribution is -0.115. The molecule has 2 aromatic heterocycles. The summed E-state index contributed by atoms with van der Waals surface area (Å²) >= 11 is 1.47. The van der Waals surface area contributed by atoms with Gasteiger partial charge in [0, 0.05) is 5.69 Å². The quantitative estimate of drug-likeness (QED) is 0.587.